The zero-order chi connectivity index (χ0) is 20.4. The molecule has 2 aromatic carbocycles. The van der Waals surface area contributed by atoms with Crippen molar-refractivity contribution in [1.29, 1.82) is 0 Å². The first-order valence-electron chi connectivity index (χ1n) is 8.42. The molecule has 0 radical (unpaired) electrons. The number of methoxy groups -OCH3 is 1. The molecule has 146 valence electrons. The summed E-state index contributed by atoms with van der Waals surface area (Å²) in [5, 5.41) is 21.5. The van der Waals surface area contributed by atoms with Crippen LogP contribution in [0.15, 0.2) is 54.6 Å². The largest absolute Gasteiger partial charge is 0.504 e. The molecular weight excluding hydrogens is 362 g/mol. The molecule has 2 rings (SSSR count). The maximum Gasteiger partial charge on any atom is 0.407 e. The average molecular weight is 383 g/mol. The van der Waals surface area contributed by atoms with Crippen molar-refractivity contribution in [2.45, 2.75) is 6.61 Å². The number of phenolic OH excluding ortho intramolecular Hbond substituents is 1. The number of benzene rings is 2. The van der Waals surface area contributed by atoms with E-state index in [0.29, 0.717) is 11.1 Å². The molecule has 7 nitrogen and oxygen atoms in total. The maximum atomic E-state index is 11.7. The normalized spacial score (nSPS) is 10.9. The lowest BCUT2D eigenvalue weighted by atomic mass is 10.1. The van der Waals surface area contributed by atoms with Gasteiger partial charge in [-0.15, -0.1) is 0 Å². The summed E-state index contributed by atoms with van der Waals surface area (Å²) in [5.74, 6) is -0.956. The van der Waals surface area contributed by atoms with E-state index in [1.54, 1.807) is 18.2 Å². The lowest BCUT2D eigenvalue weighted by molar-refractivity contribution is -0.131. The van der Waals surface area contributed by atoms with E-state index in [0.717, 1.165) is 11.6 Å². The van der Waals surface area contributed by atoms with Gasteiger partial charge in [0, 0.05) is 18.2 Å². The minimum absolute atomic E-state index is 0.0853. The Morgan fingerprint density at radius 1 is 1.14 bits per heavy atom. The van der Waals surface area contributed by atoms with Gasteiger partial charge >= 0.3 is 12.1 Å². The van der Waals surface area contributed by atoms with Gasteiger partial charge in [-0.1, -0.05) is 42.5 Å². The fourth-order valence-corrected chi connectivity index (χ4v) is 2.30. The Hall–Kier alpha value is -3.74. The topological polar surface area (TPSA) is 105 Å². The van der Waals surface area contributed by atoms with Crippen LogP contribution in [0.25, 0.3) is 12.2 Å². The van der Waals surface area contributed by atoms with Crippen LogP contribution in [0.2, 0.25) is 0 Å². The van der Waals surface area contributed by atoms with Gasteiger partial charge in [0.25, 0.3) is 0 Å². The lowest BCUT2D eigenvalue weighted by Crippen LogP contribution is -2.24. The standard InChI is InChI=1S/C21H21NO6/c1-27-18-13-16(9-10-19(23)24)12-17(20(18)25)8-5-11-22-21(26)28-14-15-6-3-2-4-7-15/h2-10,12-13,25H,11,14H2,1H3,(H,22,26)(H,23,24). The number of carboxylic acid groups (broad SMARTS) is 1. The quantitative estimate of drug-likeness (QED) is 0.603. The zero-order valence-electron chi connectivity index (χ0n) is 15.3. The van der Waals surface area contributed by atoms with Crippen molar-refractivity contribution in [3.05, 3.63) is 71.3 Å². The molecule has 0 unspecified atom stereocenters. The Kier molecular flexibility index (Phi) is 7.65. The summed E-state index contributed by atoms with van der Waals surface area (Å²) < 4.78 is 10.2. The molecule has 3 N–H and O–H groups in total. The molecule has 0 heterocycles. The van der Waals surface area contributed by atoms with Gasteiger partial charge < -0.3 is 25.0 Å². The number of alkyl carbamates (subject to hydrolysis) is 1. The monoisotopic (exact) mass is 383 g/mol. The molecule has 0 saturated carbocycles. The Morgan fingerprint density at radius 2 is 1.89 bits per heavy atom. The number of carbonyl (C=O) groups excluding carboxylic acids is 1. The van der Waals surface area contributed by atoms with Crippen molar-refractivity contribution in [3.8, 4) is 11.5 Å². The van der Waals surface area contributed by atoms with Gasteiger partial charge in [-0.05, 0) is 29.3 Å². The summed E-state index contributed by atoms with van der Waals surface area (Å²) in [7, 11) is 1.40. The van der Waals surface area contributed by atoms with E-state index in [-0.39, 0.29) is 24.7 Å². The van der Waals surface area contributed by atoms with Gasteiger partial charge in [0.15, 0.2) is 11.5 Å². The van der Waals surface area contributed by atoms with E-state index < -0.39 is 12.1 Å². The third-order valence-corrected chi connectivity index (χ3v) is 3.64. The Labute approximate surface area is 162 Å². The van der Waals surface area contributed by atoms with E-state index in [1.165, 1.54) is 19.3 Å². The van der Waals surface area contributed by atoms with Crippen LogP contribution in [-0.4, -0.2) is 35.9 Å². The second kappa shape index (κ2) is 10.4. The van der Waals surface area contributed by atoms with E-state index in [2.05, 4.69) is 5.32 Å². The molecule has 0 aliphatic heterocycles. The summed E-state index contributed by atoms with van der Waals surface area (Å²) in [4.78, 5) is 22.4. The number of carbonyl (C=O) groups is 2. The van der Waals surface area contributed by atoms with Crippen molar-refractivity contribution >= 4 is 24.2 Å². The van der Waals surface area contributed by atoms with Gasteiger partial charge in [-0.3, -0.25) is 0 Å². The summed E-state index contributed by atoms with van der Waals surface area (Å²) in [6.45, 7) is 0.358. The molecule has 0 spiro atoms. The highest BCUT2D eigenvalue weighted by Crippen LogP contribution is 2.32. The fraction of sp³-hybridized carbons (Fsp3) is 0.143. The second-order valence-electron chi connectivity index (χ2n) is 5.68. The Morgan fingerprint density at radius 3 is 2.57 bits per heavy atom. The summed E-state index contributed by atoms with van der Waals surface area (Å²) in [6.07, 6.45) is 5.04. The fourth-order valence-electron chi connectivity index (χ4n) is 2.30. The van der Waals surface area contributed by atoms with Crippen LogP contribution < -0.4 is 10.1 Å². The first-order chi connectivity index (χ1) is 13.5. The maximum absolute atomic E-state index is 11.7. The number of ether oxygens (including phenoxy) is 2. The van der Waals surface area contributed by atoms with Crippen molar-refractivity contribution in [2.75, 3.05) is 13.7 Å². The van der Waals surface area contributed by atoms with Crippen LogP contribution in [-0.2, 0) is 16.1 Å². The van der Waals surface area contributed by atoms with Crippen LogP contribution >= 0.6 is 0 Å². The van der Waals surface area contributed by atoms with Gasteiger partial charge in [-0.2, -0.15) is 0 Å². The van der Waals surface area contributed by atoms with E-state index in [4.69, 9.17) is 14.6 Å². The molecule has 2 aromatic rings. The molecule has 0 aliphatic carbocycles. The summed E-state index contributed by atoms with van der Waals surface area (Å²) in [5.41, 5.74) is 1.85. The Balaban J connectivity index is 1.94. The lowest BCUT2D eigenvalue weighted by Gasteiger charge is -2.08. The number of aromatic hydroxyl groups is 1. The molecule has 0 aromatic heterocycles. The number of carboxylic acids is 1. The van der Waals surface area contributed by atoms with Crippen LogP contribution in [0.3, 0.4) is 0 Å². The van der Waals surface area contributed by atoms with E-state index >= 15 is 0 Å². The van der Waals surface area contributed by atoms with Crippen molar-refractivity contribution in [2.24, 2.45) is 0 Å². The number of nitrogens with one attached hydrogen (secondary N) is 1. The first-order valence-corrected chi connectivity index (χ1v) is 8.42. The minimum atomic E-state index is -1.08. The van der Waals surface area contributed by atoms with E-state index in [1.807, 2.05) is 30.3 Å². The van der Waals surface area contributed by atoms with Gasteiger partial charge in [0.05, 0.1) is 7.11 Å². The average Bonchev–Trinajstić information content (AvgIpc) is 2.70. The van der Waals surface area contributed by atoms with Crippen LogP contribution in [0, 0.1) is 0 Å². The van der Waals surface area contributed by atoms with Crippen LogP contribution in [0.1, 0.15) is 16.7 Å². The summed E-state index contributed by atoms with van der Waals surface area (Å²) >= 11 is 0. The smallest absolute Gasteiger partial charge is 0.407 e. The highest BCUT2D eigenvalue weighted by Gasteiger charge is 2.08. The number of phenols is 1. The third-order valence-electron chi connectivity index (χ3n) is 3.64. The number of hydrogen-bond donors (Lipinski definition) is 3. The first kappa shape index (κ1) is 20.6. The molecule has 0 atom stereocenters. The number of aliphatic carboxylic acids is 1. The number of amides is 1. The SMILES string of the molecule is COc1cc(C=CC(=O)O)cc(C=CCNC(=O)OCc2ccccc2)c1O. The van der Waals surface area contributed by atoms with Crippen molar-refractivity contribution in [1.82, 2.24) is 5.32 Å². The second-order valence-corrected chi connectivity index (χ2v) is 5.68. The van der Waals surface area contributed by atoms with Crippen molar-refractivity contribution < 1.29 is 29.3 Å². The molecule has 0 fully saturated rings. The predicted molar refractivity (Wildman–Crippen MR) is 105 cm³/mol. The molecule has 0 bridgehead atoms. The van der Waals surface area contributed by atoms with Gasteiger partial charge in [-0.25, -0.2) is 9.59 Å². The molecule has 1 amide bonds. The minimum Gasteiger partial charge on any atom is -0.504 e. The van der Waals surface area contributed by atoms with E-state index in [9.17, 15) is 14.7 Å². The van der Waals surface area contributed by atoms with Gasteiger partial charge in [0.2, 0.25) is 0 Å². The Bertz CT molecular complexity index is 874. The molecule has 0 saturated heterocycles. The van der Waals surface area contributed by atoms with Crippen LogP contribution in [0.5, 0.6) is 11.5 Å². The third kappa shape index (κ3) is 6.53. The molecular formula is C21H21NO6. The molecule has 28 heavy (non-hydrogen) atoms. The number of hydrogen-bond acceptors (Lipinski definition) is 5. The molecule has 0 aliphatic rings. The zero-order valence-corrected chi connectivity index (χ0v) is 15.3. The molecule has 7 heteroatoms. The van der Waals surface area contributed by atoms with Crippen LogP contribution in [0.4, 0.5) is 4.79 Å². The highest BCUT2D eigenvalue weighted by atomic mass is 16.5. The number of rotatable bonds is 8. The van der Waals surface area contributed by atoms with Gasteiger partial charge in [0.1, 0.15) is 6.61 Å². The van der Waals surface area contributed by atoms with Crippen molar-refractivity contribution in [3.63, 3.8) is 0 Å². The predicted octanol–water partition coefficient (Wildman–Crippen LogP) is 3.44. The summed E-state index contributed by atoms with van der Waals surface area (Å²) in [6, 6.07) is 12.4. The highest BCUT2D eigenvalue weighted by molar-refractivity contribution is 5.85.